The van der Waals surface area contributed by atoms with Crippen molar-refractivity contribution in [1.29, 1.82) is 0 Å². The molecule has 7 nitrogen and oxygen atoms in total. The van der Waals surface area contributed by atoms with Gasteiger partial charge < -0.3 is 15.2 Å². The van der Waals surface area contributed by atoms with E-state index in [9.17, 15) is 9.59 Å². The van der Waals surface area contributed by atoms with Crippen molar-refractivity contribution in [1.82, 2.24) is 9.78 Å². The number of hydrogen-bond acceptors (Lipinski definition) is 4. The highest BCUT2D eigenvalue weighted by molar-refractivity contribution is 5.91. The minimum absolute atomic E-state index is 0.0787. The quantitative estimate of drug-likeness (QED) is 0.803. The fraction of sp³-hybridized carbons (Fsp3) is 0.389. The number of rotatable bonds is 7. The van der Waals surface area contributed by atoms with E-state index in [4.69, 9.17) is 9.84 Å². The van der Waals surface area contributed by atoms with E-state index in [1.54, 1.807) is 18.2 Å². The van der Waals surface area contributed by atoms with Crippen molar-refractivity contribution < 1.29 is 19.4 Å². The summed E-state index contributed by atoms with van der Waals surface area (Å²) < 4.78 is 6.94. The third-order valence-corrected chi connectivity index (χ3v) is 4.10. The lowest BCUT2D eigenvalue weighted by Gasteiger charge is -2.11. The van der Waals surface area contributed by atoms with Crippen LogP contribution in [0, 0.1) is 20.8 Å². The third kappa shape index (κ3) is 4.82. The van der Waals surface area contributed by atoms with Crippen molar-refractivity contribution in [3.05, 3.63) is 40.7 Å². The highest BCUT2D eigenvalue weighted by atomic mass is 16.5. The summed E-state index contributed by atoms with van der Waals surface area (Å²) in [4.78, 5) is 22.7. The zero-order valence-corrected chi connectivity index (χ0v) is 14.9. The zero-order chi connectivity index (χ0) is 18.6. The zero-order valence-electron chi connectivity index (χ0n) is 14.9. The van der Waals surface area contributed by atoms with Crippen LogP contribution in [0.15, 0.2) is 18.2 Å². The molecule has 2 aromatic rings. The molecule has 0 aliphatic heterocycles. The average Bonchev–Trinajstić information content (AvgIpc) is 2.78. The van der Waals surface area contributed by atoms with Crippen LogP contribution in [-0.4, -0.2) is 33.4 Å². The molecule has 0 saturated heterocycles. The van der Waals surface area contributed by atoms with Crippen molar-refractivity contribution in [2.45, 2.75) is 33.6 Å². The van der Waals surface area contributed by atoms with Crippen LogP contribution in [0.4, 0.5) is 5.69 Å². The summed E-state index contributed by atoms with van der Waals surface area (Å²) in [6.45, 7) is 5.38. The van der Waals surface area contributed by atoms with Crippen LogP contribution in [0.1, 0.15) is 28.9 Å². The topological polar surface area (TPSA) is 93.4 Å². The number of carbonyl (C=O) groups excluding carboxylic acids is 1. The van der Waals surface area contributed by atoms with E-state index in [-0.39, 0.29) is 5.91 Å². The number of anilines is 1. The van der Waals surface area contributed by atoms with E-state index in [1.807, 2.05) is 32.5 Å². The molecule has 0 saturated carbocycles. The number of aromatic nitrogens is 2. The standard InChI is InChI=1S/C18H23N3O4/c1-11-9-14(25-10-18(23)24)5-7-16(11)19-17(22)8-6-15-12(2)20-21(4)13(15)3/h5,7,9H,6,8,10H2,1-4H3,(H,19,22)(H,23,24). The normalized spacial score (nSPS) is 10.6. The molecule has 0 atom stereocenters. The average molecular weight is 345 g/mol. The molecule has 2 rings (SSSR count). The minimum atomic E-state index is -1.03. The number of nitrogens with one attached hydrogen (secondary N) is 1. The Hall–Kier alpha value is -2.83. The first-order valence-electron chi connectivity index (χ1n) is 8.02. The largest absolute Gasteiger partial charge is 0.482 e. The molecular weight excluding hydrogens is 322 g/mol. The minimum Gasteiger partial charge on any atom is -0.482 e. The van der Waals surface area contributed by atoms with Crippen LogP contribution < -0.4 is 10.1 Å². The number of ether oxygens (including phenoxy) is 1. The lowest BCUT2D eigenvalue weighted by atomic mass is 10.1. The molecular formula is C18H23N3O4. The Kier molecular flexibility index (Phi) is 5.80. The van der Waals surface area contributed by atoms with E-state index in [0.717, 1.165) is 22.5 Å². The van der Waals surface area contributed by atoms with Gasteiger partial charge in [0.15, 0.2) is 6.61 Å². The van der Waals surface area contributed by atoms with Crippen molar-refractivity contribution in [2.24, 2.45) is 7.05 Å². The molecule has 7 heteroatoms. The van der Waals surface area contributed by atoms with Crippen molar-refractivity contribution in [3.8, 4) is 5.75 Å². The molecule has 1 aromatic carbocycles. The summed E-state index contributed by atoms with van der Waals surface area (Å²) >= 11 is 0. The van der Waals surface area contributed by atoms with E-state index < -0.39 is 12.6 Å². The molecule has 25 heavy (non-hydrogen) atoms. The second-order valence-electron chi connectivity index (χ2n) is 5.98. The van der Waals surface area contributed by atoms with Crippen molar-refractivity contribution in [2.75, 3.05) is 11.9 Å². The first-order valence-corrected chi connectivity index (χ1v) is 8.02. The van der Waals surface area contributed by atoms with Crippen LogP contribution in [-0.2, 0) is 23.1 Å². The van der Waals surface area contributed by atoms with E-state index in [0.29, 0.717) is 24.3 Å². The molecule has 0 spiro atoms. The summed E-state index contributed by atoms with van der Waals surface area (Å²) in [5, 5.41) is 15.9. The number of aliphatic carboxylic acids is 1. The highest BCUT2D eigenvalue weighted by Gasteiger charge is 2.12. The maximum Gasteiger partial charge on any atom is 0.341 e. The van der Waals surface area contributed by atoms with Gasteiger partial charge in [0.25, 0.3) is 0 Å². The van der Waals surface area contributed by atoms with Crippen molar-refractivity contribution in [3.63, 3.8) is 0 Å². The summed E-state index contributed by atoms with van der Waals surface area (Å²) in [6.07, 6.45) is 1.00. The second-order valence-corrected chi connectivity index (χ2v) is 5.98. The molecule has 1 aromatic heterocycles. The Bertz CT molecular complexity index is 796. The van der Waals surface area contributed by atoms with Crippen LogP contribution >= 0.6 is 0 Å². The molecule has 1 heterocycles. The van der Waals surface area contributed by atoms with E-state index >= 15 is 0 Å². The fourth-order valence-corrected chi connectivity index (χ4v) is 2.64. The fourth-order valence-electron chi connectivity index (χ4n) is 2.64. The van der Waals surface area contributed by atoms with Gasteiger partial charge in [-0.2, -0.15) is 5.10 Å². The Morgan fingerprint density at radius 2 is 2.00 bits per heavy atom. The summed E-state index contributed by atoms with van der Waals surface area (Å²) in [5.74, 6) is -0.652. The van der Waals surface area contributed by atoms with Gasteiger partial charge in [0.1, 0.15) is 5.75 Å². The number of benzene rings is 1. The third-order valence-electron chi connectivity index (χ3n) is 4.10. The van der Waals surface area contributed by atoms with Crippen LogP contribution in [0.2, 0.25) is 0 Å². The van der Waals surface area contributed by atoms with Crippen LogP contribution in [0.25, 0.3) is 0 Å². The van der Waals surface area contributed by atoms with Gasteiger partial charge in [0.05, 0.1) is 5.69 Å². The number of amides is 1. The number of aryl methyl sites for hydroxylation is 3. The van der Waals surface area contributed by atoms with Crippen LogP contribution in [0.5, 0.6) is 5.75 Å². The smallest absolute Gasteiger partial charge is 0.341 e. The lowest BCUT2D eigenvalue weighted by molar-refractivity contribution is -0.139. The molecule has 0 unspecified atom stereocenters. The predicted molar refractivity (Wildman–Crippen MR) is 93.9 cm³/mol. The molecule has 0 aliphatic carbocycles. The van der Waals surface area contributed by atoms with Gasteiger partial charge in [-0.3, -0.25) is 9.48 Å². The Morgan fingerprint density at radius 1 is 1.28 bits per heavy atom. The molecule has 0 bridgehead atoms. The maximum atomic E-state index is 12.2. The molecule has 0 fully saturated rings. The molecule has 1 amide bonds. The van der Waals surface area contributed by atoms with Gasteiger partial charge in [-0.05, 0) is 56.5 Å². The maximum absolute atomic E-state index is 12.2. The number of carboxylic acid groups (broad SMARTS) is 1. The van der Waals surface area contributed by atoms with Crippen LogP contribution in [0.3, 0.4) is 0 Å². The first-order chi connectivity index (χ1) is 11.8. The molecule has 2 N–H and O–H groups in total. The van der Waals surface area contributed by atoms with Gasteiger partial charge in [-0.25, -0.2) is 4.79 Å². The Morgan fingerprint density at radius 3 is 2.56 bits per heavy atom. The number of carboxylic acids is 1. The monoisotopic (exact) mass is 345 g/mol. The van der Waals surface area contributed by atoms with E-state index in [1.165, 1.54) is 0 Å². The van der Waals surface area contributed by atoms with Gasteiger partial charge in [-0.1, -0.05) is 0 Å². The summed E-state index contributed by atoms with van der Waals surface area (Å²) in [6, 6.07) is 5.06. The lowest BCUT2D eigenvalue weighted by Crippen LogP contribution is -2.14. The Balaban J connectivity index is 1.95. The Labute approximate surface area is 146 Å². The second kappa shape index (κ2) is 7.83. The molecule has 0 aliphatic rings. The first kappa shape index (κ1) is 18.5. The van der Waals surface area contributed by atoms with Gasteiger partial charge >= 0.3 is 5.97 Å². The van der Waals surface area contributed by atoms with Gasteiger partial charge in [0.2, 0.25) is 5.91 Å². The SMILES string of the molecule is Cc1cc(OCC(=O)O)ccc1NC(=O)CCc1c(C)nn(C)c1C. The number of hydrogen-bond donors (Lipinski definition) is 2. The molecule has 0 radical (unpaired) electrons. The summed E-state index contributed by atoms with van der Waals surface area (Å²) in [5.41, 5.74) is 4.62. The number of carbonyl (C=O) groups is 2. The van der Waals surface area contributed by atoms with E-state index in [2.05, 4.69) is 10.4 Å². The highest BCUT2D eigenvalue weighted by Crippen LogP contribution is 2.22. The predicted octanol–water partition coefficient (Wildman–Crippen LogP) is 2.38. The van der Waals surface area contributed by atoms with Gasteiger partial charge in [-0.15, -0.1) is 0 Å². The van der Waals surface area contributed by atoms with Crippen molar-refractivity contribution >= 4 is 17.6 Å². The molecule has 134 valence electrons. The number of nitrogens with zero attached hydrogens (tertiary/aromatic N) is 2. The van der Waals surface area contributed by atoms with Gasteiger partial charge in [0, 0.05) is 24.8 Å². The summed E-state index contributed by atoms with van der Waals surface area (Å²) in [7, 11) is 1.89.